The summed E-state index contributed by atoms with van der Waals surface area (Å²) in [5.41, 5.74) is 1.52. The van der Waals surface area contributed by atoms with Gasteiger partial charge in [-0.1, -0.05) is 30.3 Å². The van der Waals surface area contributed by atoms with Gasteiger partial charge in [0.05, 0.1) is 6.61 Å². The van der Waals surface area contributed by atoms with E-state index in [-0.39, 0.29) is 0 Å². The van der Waals surface area contributed by atoms with Crippen molar-refractivity contribution in [2.45, 2.75) is 31.7 Å². The van der Waals surface area contributed by atoms with Crippen LogP contribution in [0.2, 0.25) is 0 Å². The topological polar surface area (TPSA) is 50.8 Å². The van der Waals surface area contributed by atoms with Crippen molar-refractivity contribution >= 4 is 7.60 Å². The van der Waals surface area contributed by atoms with Crippen LogP contribution in [0.3, 0.4) is 0 Å². The van der Waals surface area contributed by atoms with E-state index < -0.39 is 7.60 Å². The van der Waals surface area contributed by atoms with Crippen molar-refractivity contribution in [3.63, 3.8) is 0 Å². The molecule has 2 aliphatic carbocycles. The number of nitrogens with one attached hydrogen (secondary N) is 1. The van der Waals surface area contributed by atoms with Crippen molar-refractivity contribution in [1.82, 2.24) is 10.2 Å². The van der Waals surface area contributed by atoms with Crippen molar-refractivity contribution < 1.29 is 13.6 Å². The maximum Gasteiger partial charge on any atom is 0.344 e. The standard InChI is InChI=1S/C20H31N2O3P/c1-3-25-26(23,24-2)14-22-11-9-15(10-12-22)13-21-20-18-17(19(18)20)16-7-5-4-6-8-16/h4-8,15,17-21H,3,9-14H2,1-2H3. The van der Waals surface area contributed by atoms with Gasteiger partial charge >= 0.3 is 7.60 Å². The number of piperidine rings is 1. The molecule has 4 rings (SSSR count). The molecule has 0 amide bonds. The SMILES string of the molecule is CCOP(=O)(CN1CCC(CNC2C3C(c4ccccc4)C23)CC1)OC. The summed E-state index contributed by atoms with van der Waals surface area (Å²) in [4.78, 5) is 2.23. The first-order valence-electron chi connectivity index (χ1n) is 9.95. The highest BCUT2D eigenvalue weighted by atomic mass is 31.2. The van der Waals surface area contributed by atoms with Gasteiger partial charge < -0.3 is 14.4 Å². The van der Waals surface area contributed by atoms with E-state index >= 15 is 0 Å². The smallest absolute Gasteiger partial charge is 0.313 e. The lowest BCUT2D eigenvalue weighted by atomic mass is 9.96. The minimum absolute atomic E-state index is 0.420. The lowest BCUT2D eigenvalue weighted by Crippen LogP contribution is -2.39. The van der Waals surface area contributed by atoms with E-state index in [2.05, 4.69) is 40.5 Å². The van der Waals surface area contributed by atoms with Crippen LogP contribution in [-0.4, -0.2) is 50.6 Å². The molecule has 5 nitrogen and oxygen atoms in total. The van der Waals surface area contributed by atoms with E-state index in [9.17, 15) is 4.57 Å². The molecule has 2 saturated carbocycles. The van der Waals surface area contributed by atoms with Gasteiger partial charge in [-0.3, -0.25) is 9.46 Å². The van der Waals surface area contributed by atoms with Crippen LogP contribution in [0.1, 0.15) is 31.2 Å². The molecule has 1 N–H and O–H groups in total. The van der Waals surface area contributed by atoms with Crippen molar-refractivity contribution in [2.24, 2.45) is 17.8 Å². The van der Waals surface area contributed by atoms with E-state index in [1.807, 2.05) is 6.92 Å². The number of likely N-dealkylation sites (tertiary alicyclic amines) is 1. The average Bonchev–Trinajstić information content (AvgIpc) is 3.56. The molecule has 1 saturated heterocycles. The molecular formula is C20H31N2O3P. The summed E-state index contributed by atoms with van der Waals surface area (Å²) >= 11 is 0. The van der Waals surface area contributed by atoms with Crippen molar-refractivity contribution in [3.8, 4) is 0 Å². The summed E-state index contributed by atoms with van der Waals surface area (Å²) < 4.78 is 22.9. The van der Waals surface area contributed by atoms with Gasteiger partial charge in [0.15, 0.2) is 0 Å². The highest BCUT2D eigenvalue weighted by molar-refractivity contribution is 7.53. The fourth-order valence-electron chi connectivity index (χ4n) is 4.64. The molecule has 1 heterocycles. The number of rotatable bonds is 9. The van der Waals surface area contributed by atoms with Crippen LogP contribution >= 0.6 is 7.60 Å². The highest BCUT2D eigenvalue weighted by Gasteiger charge is 2.73. The van der Waals surface area contributed by atoms with Crippen LogP contribution < -0.4 is 5.32 Å². The second-order valence-corrected chi connectivity index (χ2v) is 10.1. The third-order valence-electron chi connectivity index (χ3n) is 6.33. The van der Waals surface area contributed by atoms with Crippen LogP contribution in [0.5, 0.6) is 0 Å². The molecule has 6 heteroatoms. The third kappa shape index (κ3) is 3.93. The number of hydrogen-bond acceptors (Lipinski definition) is 5. The zero-order chi connectivity index (χ0) is 18.1. The van der Waals surface area contributed by atoms with E-state index in [0.717, 1.165) is 62.2 Å². The summed E-state index contributed by atoms with van der Waals surface area (Å²) in [6.07, 6.45) is 2.74. The molecule has 3 atom stereocenters. The zero-order valence-electron chi connectivity index (χ0n) is 15.8. The Balaban J connectivity index is 1.14. The van der Waals surface area contributed by atoms with Gasteiger partial charge in [0.1, 0.15) is 6.29 Å². The van der Waals surface area contributed by atoms with Gasteiger partial charge in [-0.25, -0.2) is 0 Å². The summed E-state index contributed by atoms with van der Waals surface area (Å²) in [6.45, 7) is 5.38. The van der Waals surface area contributed by atoms with Crippen LogP contribution in [-0.2, 0) is 13.6 Å². The molecule has 0 bridgehead atoms. The largest absolute Gasteiger partial charge is 0.344 e. The lowest BCUT2D eigenvalue weighted by Gasteiger charge is -2.33. The summed E-state index contributed by atoms with van der Waals surface area (Å²) in [6, 6.07) is 11.7. The minimum Gasteiger partial charge on any atom is -0.313 e. The normalized spacial score (nSPS) is 33.5. The van der Waals surface area contributed by atoms with Crippen LogP contribution in [0.15, 0.2) is 30.3 Å². The molecule has 144 valence electrons. The third-order valence-corrected chi connectivity index (χ3v) is 8.29. The van der Waals surface area contributed by atoms with E-state index in [0.29, 0.717) is 12.9 Å². The van der Waals surface area contributed by atoms with E-state index in [1.165, 1.54) is 12.7 Å². The van der Waals surface area contributed by atoms with Gasteiger partial charge in [0.25, 0.3) is 0 Å². The Morgan fingerprint density at radius 1 is 1.19 bits per heavy atom. The number of hydrogen-bond donors (Lipinski definition) is 1. The molecule has 1 aliphatic heterocycles. The Kier molecular flexibility index (Phi) is 5.54. The highest BCUT2D eigenvalue weighted by Crippen LogP contribution is 2.73. The van der Waals surface area contributed by atoms with Gasteiger partial charge in [0.2, 0.25) is 0 Å². The zero-order valence-corrected chi connectivity index (χ0v) is 16.7. The second-order valence-electron chi connectivity index (χ2n) is 7.94. The molecule has 3 unspecified atom stereocenters. The second kappa shape index (κ2) is 7.73. The van der Waals surface area contributed by atoms with E-state index in [4.69, 9.17) is 9.05 Å². The molecule has 0 spiro atoms. The van der Waals surface area contributed by atoms with Crippen LogP contribution in [0, 0.1) is 17.8 Å². The first kappa shape index (κ1) is 18.6. The Hall–Kier alpha value is -0.710. The van der Waals surface area contributed by atoms with Gasteiger partial charge in [-0.15, -0.1) is 0 Å². The first-order valence-corrected chi connectivity index (χ1v) is 11.7. The molecule has 0 radical (unpaired) electrons. The molecule has 3 fully saturated rings. The van der Waals surface area contributed by atoms with Gasteiger partial charge in [-0.05, 0) is 68.6 Å². The first-order chi connectivity index (χ1) is 12.6. The maximum absolute atomic E-state index is 12.4. The molecular weight excluding hydrogens is 347 g/mol. The van der Waals surface area contributed by atoms with E-state index in [1.54, 1.807) is 0 Å². The van der Waals surface area contributed by atoms with Crippen molar-refractivity contribution in [3.05, 3.63) is 35.9 Å². The van der Waals surface area contributed by atoms with Crippen LogP contribution in [0.25, 0.3) is 0 Å². The molecule has 1 aromatic rings. The fraction of sp³-hybridized carbons (Fsp3) is 0.700. The Morgan fingerprint density at radius 3 is 2.50 bits per heavy atom. The predicted molar refractivity (Wildman–Crippen MR) is 103 cm³/mol. The molecule has 1 aromatic carbocycles. The van der Waals surface area contributed by atoms with Crippen LogP contribution in [0.4, 0.5) is 0 Å². The average molecular weight is 378 g/mol. The fourth-order valence-corrected chi connectivity index (χ4v) is 6.11. The van der Waals surface area contributed by atoms with Crippen molar-refractivity contribution in [1.29, 1.82) is 0 Å². The Labute approximate surface area is 157 Å². The Bertz CT molecular complexity index is 638. The maximum atomic E-state index is 12.4. The summed E-state index contributed by atoms with van der Waals surface area (Å²) in [5.74, 6) is 3.32. The van der Waals surface area contributed by atoms with Gasteiger partial charge in [0, 0.05) is 13.2 Å². The molecule has 0 aromatic heterocycles. The number of benzene rings is 1. The number of nitrogens with zero attached hydrogens (tertiary/aromatic N) is 1. The molecule has 26 heavy (non-hydrogen) atoms. The predicted octanol–water partition coefficient (Wildman–Crippen LogP) is 3.53. The lowest BCUT2D eigenvalue weighted by molar-refractivity contribution is 0.174. The monoisotopic (exact) mass is 378 g/mol. The molecule has 3 aliphatic rings. The quantitative estimate of drug-likeness (QED) is 0.666. The van der Waals surface area contributed by atoms with Crippen molar-refractivity contribution in [2.75, 3.05) is 39.6 Å². The van der Waals surface area contributed by atoms with Gasteiger partial charge in [-0.2, -0.15) is 0 Å². The number of fused-ring (bicyclic) bond motifs is 1. The Morgan fingerprint density at radius 2 is 1.88 bits per heavy atom. The summed E-state index contributed by atoms with van der Waals surface area (Å²) in [7, 11) is -1.45. The summed E-state index contributed by atoms with van der Waals surface area (Å²) in [5, 5.41) is 3.80. The minimum atomic E-state index is -2.94.